The zero-order valence-electron chi connectivity index (χ0n) is 12.3. The van der Waals surface area contributed by atoms with E-state index in [0.717, 1.165) is 24.2 Å². The molecule has 2 rings (SSSR count). The standard InChI is InChI=1S/C16H24O4/c1-18-11-12-20-15-6-4-3-5-14(15)16(17)9-7-13(19-2)8-10-16/h3-6,13,17H,7-12H2,1-2H3. The third-order valence-electron chi connectivity index (χ3n) is 4.03. The van der Waals surface area contributed by atoms with Crippen molar-refractivity contribution in [3.63, 3.8) is 0 Å². The van der Waals surface area contributed by atoms with Crippen molar-refractivity contribution < 1.29 is 19.3 Å². The zero-order chi connectivity index (χ0) is 14.4. The molecule has 0 unspecified atom stereocenters. The molecule has 4 nitrogen and oxygen atoms in total. The second-order valence-electron chi connectivity index (χ2n) is 5.30. The molecule has 0 bridgehead atoms. The second kappa shape index (κ2) is 7.07. The largest absolute Gasteiger partial charge is 0.491 e. The Morgan fingerprint density at radius 1 is 1.15 bits per heavy atom. The molecule has 0 spiro atoms. The molecule has 4 heteroatoms. The highest BCUT2D eigenvalue weighted by Gasteiger charge is 2.36. The van der Waals surface area contributed by atoms with Crippen molar-refractivity contribution in [2.24, 2.45) is 0 Å². The Morgan fingerprint density at radius 3 is 2.50 bits per heavy atom. The number of hydrogen-bond acceptors (Lipinski definition) is 4. The average Bonchev–Trinajstić information content (AvgIpc) is 2.49. The number of benzene rings is 1. The van der Waals surface area contributed by atoms with Crippen LogP contribution in [0.3, 0.4) is 0 Å². The second-order valence-corrected chi connectivity index (χ2v) is 5.30. The lowest BCUT2D eigenvalue weighted by molar-refractivity contribution is -0.0489. The molecule has 1 aromatic rings. The topological polar surface area (TPSA) is 47.9 Å². The summed E-state index contributed by atoms with van der Waals surface area (Å²) in [5, 5.41) is 10.9. The van der Waals surface area contributed by atoms with Crippen LogP contribution in [0.2, 0.25) is 0 Å². The summed E-state index contributed by atoms with van der Waals surface area (Å²) in [5.74, 6) is 0.753. The third kappa shape index (κ3) is 3.51. The number of aliphatic hydroxyl groups is 1. The van der Waals surface area contributed by atoms with Gasteiger partial charge in [-0.3, -0.25) is 0 Å². The number of ether oxygens (including phenoxy) is 3. The SMILES string of the molecule is COCCOc1ccccc1C1(O)CCC(OC)CC1. The Balaban J connectivity index is 2.11. The maximum atomic E-state index is 10.9. The number of methoxy groups -OCH3 is 2. The minimum absolute atomic E-state index is 0.261. The molecule has 1 aliphatic carbocycles. The van der Waals surface area contributed by atoms with Gasteiger partial charge in [0, 0.05) is 19.8 Å². The van der Waals surface area contributed by atoms with E-state index in [1.165, 1.54) is 0 Å². The number of rotatable bonds is 6. The van der Waals surface area contributed by atoms with Crippen LogP contribution in [-0.2, 0) is 15.1 Å². The molecular weight excluding hydrogens is 256 g/mol. The van der Waals surface area contributed by atoms with E-state index < -0.39 is 5.60 Å². The van der Waals surface area contributed by atoms with Crippen LogP contribution in [0.5, 0.6) is 5.75 Å². The van der Waals surface area contributed by atoms with Gasteiger partial charge in [-0.05, 0) is 31.7 Å². The minimum atomic E-state index is -0.807. The molecule has 1 N–H and O–H groups in total. The Hall–Kier alpha value is -1.10. The quantitative estimate of drug-likeness (QED) is 0.813. The first kappa shape index (κ1) is 15.3. The summed E-state index contributed by atoms with van der Waals surface area (Å²) in [7, 11) is 3.38. The van der Waals surface area contributed by atoms with Gasteiger partial charge in [-0.1, -0.05) is 18.2 Å². The summed E-state index contributed by atoms with van der Waals surface area (Å²) in [5.41, 5.74) is 0.0734. The van der Waals surface area contributed by atoms with Crippen molar-refractivity contribution >= 4 is 0 Å². The van der Waals surface area contributed by atoms with Crippen LogP contribution in [0.25, 0.3) is 0 Å². The predicted molar refractivity (Wildman–Crippen MR) is 77.0 cm³/mol. The van der Waals surface area contributed by atoms with Crippen LogP contribution in [0.4, 0.5) is 0 Å². The van der Waals surface area contributed by atoms with E-state index in [2.05, 4.69) is 0 Å². The lowest BCUT2D eigenvalue weighted by Crippen LogP contribution is -2.34. The maximum Gasteiger partial charge on any atom is 0.125 e. The molecule has 0 aliphatic heterocycles. The fourth-order valence-electron chi connectivity index (χ4n) is 2.79. The summed E-state index contributed by atoms with van der Waals surface area (Å²) >= 11 is 0. The minimum Gasteiger partial charge on any atom is -0.491 e. The Morgan fingerprint density at radius 2 is 1.85 bits per heavy atom. The molecule has 112 valence electrons. The van der Waals surface area contributed by atoms with Gasteiger partial charge in [-0.15, -0.1) is 0 Å². The van der Waals surface area contributed by atoms with Gasteiger partial charge in [0.1, 0.15) is 12.4 Å². The number of para-hydroxylation sites is 1. The Kier molecular flexibility index (Phi) is 5.40. The van der Waals surface area contributed by atoms with Crippen molar-refractivity contribution in [3.8, 4) is 5.75 Å². The maximum absolute atomic E-state index is 10.9. The van der Waals surface area contributed by atoms with E-state index in [-0.39, 0.29) is 6.10 Å². The Labute approximate surface area is 120 Å². The van der Waals surface area contributed by atoms with Gasteiger partial charge >= 0.3 is 0 Å². The molecular formula is C16H24O4. The summed E-state index contributed by atoms with van der Waals surface area (Å²) in [6.07, 6.45) is 3.42. The molecule has 1 aromatic carbocycles. The molecule has 0 radical (unpaired) electrons. The molecule has 0 aromatic heterocycles. The van der Waals surface area contributed by atoms with Crippen LogP contribution in [0, 0.1) is 0 Å². The van der Waals surface area contributed by atoms with E-state index in [0.29, 0.717) is 26.1 Å². The van der Waals surface area contributed by atoms with Gasteiger partial charge in [-0.2, -0.15) is 0 Å². The summed E-state index contributed by atoms with van der Waals surface area (Å²) < 4.78 is 16.1. The molecule has 0 heterocycles. The lowest BCUT2D eigenvalue weighted by atomic mass is 9.78. The molecule has 1 saturated carbocycles. The van der Waals surface area contributed by atoms with Crippen LogP contribution in [0.15, 0.2) is 24.3 Å². The van der Waals surface area contributed by atoms with Crippen LogP contribution in [-0.4, -0.2) is 38.6 Å². The van der Waals surface area contributed by atoms with E-state index >= 15 is 0 Å². The fraction of sp³-hybridized carbons (Fsp3) is 0.625. The van der Waals surface area contributed by atoms with Gasteiger partial charge in [0.05, 0.1) is 18.3 Å². The molecule has 20 heavy (non-hydrogen) atoms. The first-order valence-electron chi connectivity index (χ1n) is 7.16. The van der Waals surface area contributed by atoms with Crippen LogP contribution < -0.4 is 4.74 Å². The smallest absolute Gasteiger partial charge is 0.125 e. The molecule has 1 aliphatic rings. The Bertz CT molecular complexity index is 411. The first-order valence-corrected chi connectivity index (χ1v) is 7.16. The normalized spacial score (nSPS) is 26.4. The first-order chi connectivity index (χ1) is 9.69. The predicted octanol–water partition coefficient (Wildman–Crippen LogP) is 2.49. The van der Waals surface area contributed by atoms with Crippen molar-refractivity contribution in [2.75, 3.05) is 27.4 Å². The van der Waals surface area contributed by atoms with Gasteiger partial charge < -0.3 is 19.3 Å². The van der Waals surface area contributed by atoms with Crippen LogP contribution >= 0.6 is 0 Å². The molecule has 0 amide bonds. The van der Waals surface area contributed by atoms with E-state index in [9.17, 15) is 5.11 Å². The molecule has 1 fully saturated rings. The summed E-state index contributed by atoms with van der Waals surface area (Å²) in [4.78, 5) is 0. The van der Waals surface area contributed by atoms with Crippen molar-refractivity contribution in [1.29, 1.82) is 0 Å². The summed E-state index contributed by atoms with van der Waals surface area (Å²) in [6.45, 7) is 1.03. The lowest BCUT2D eigenvalue weighted by Gasteiger charge is -2.36. The third-order valence-corrected chi connectivity index (χ3v) is 4.03. The monoisotopic (exact) mass is 280 g/mol. The zero-order valence-corrected chi connectivity index (χ0v) is 12.3. The highest BCUT2D eigenvalue weighted by molar-refractivity contribution is 5.38. The van der Waals surface area contributed by atoms with E-state index in [1.807, 2.05) is 24.3 Å². The highest BCUT2D eigenvalue weighted by atomic mass is 16.5. The fourth-order valence-corrected chi connectivity index (χ4v) is 2.79. The highest BCUT2D eigenvalue weighted by Crippen LogP contribution is 2.41. The van der Waals surface area contributed by atoms with Crippen LogP contribution in [0.1, 0.15) is 31.2 Å². The van der Waals surface area contributed by atoms with E-state index in [1.54, 1.807) is 14.2 Å². The molecule has 0 atom stereocenters. The molecule has 0 saturated heterocycles. The van der Waals surface area contributed by atoms with Gasteiger partial charge in [-0.25, -0.2) is 0 Å². The van der Waals surface area contributed by atoms with E-state index in [4.69, 9.17) is 14.2 Å². The van der Waals surface area contributed by atoms with Gasteiger partial charge in [0.2, 0.25) is 0 Å². The van der Waals surface area contributed by atoms with Crippen molar-refractivity contribution in [3.05, 3.63) is 29.8 Å². The number of hydrogen-bond donors (Lipinski definition) is 1. The van der Waals surface area contributed by atoms with Crippen molar-refractivity contribution in [2.45, 2.75) is 37.4 Å². The average molecular weight is 280 g/mol. The summed E-state index contributed by atoms with van der Waals surface area (Å²) in [6, 6.07) is 7.73. The van der Waals surface area contributed by atoms with Crippen molar-refractivity contribution in [1.82, 2.24) is 0 Å². The van der Waals surface area contributed by atoms with Gasteiger partial charge in [0.15, 0.2) is 0 Å². The van der Waals surface area contributed by atoms with Gasteiger partial charge in [0.25, 0.3) is 0 Å².